The zero-order valence-electron chi connectivity index (χ0n) is 8.28. The molecule has 0 nitrogen and oxygen atoms in total. The third-order valence-electron chi connectivity index (χ3n) is 2.14. The van der Waals surface area contributed by atoms with Crippen molar-refractivity contribution in [3.63, 3.8) is 0 Å². The lowest BCUT2D eigenvalue weighted by Gasteiger charge is -1.92. The first kappa shape index (κ1) is 10.3. The predicted octanol–water partition coefficient (Wildman–Crippen LogP) is 4.21. The van der Waals surface area contributed by atoms with Gasteiger partial charge in [0.1, 0.15) is 0 Å². The zero-order chi connectivity index (χ0) is 9.19. The van der Waals surface area contributed by atoms with Crippen LogP contribution in [0, 0.1) is 6.42 Å². The third kappa shape index (κ3) is 6.39. The fourth-order valence-corrected chi connectivity index (χ4v) is 1.35. The largest absolute Gasteiger partial charge is 0.0882 e. The number of rotatable bonds is 0. The average Bonchev–Trinajstić information content (AvgIpc) is 2.18. The van der Waals surface area contributed by atoms with Crippen molar-refractivity contribution < 1.29 is 0 Å². The van der Waals surface area contributed by atoms with Gasteiger partial charge < -0.3 is 0 Å². The number of allylic oxidation sites excluding steroid dienone is 6. The van der Waals surface area contributed by atoms with Gasteiger partial charge in [-0.2, -0.15) is 0 Å². The first-order valence-electron chi connectivity index (χ1n) is 5.30. The summed E-state index contributed by atoms with van der Waals surface area (Å²) in [6.45, 7) is 0. The second-order valence-electron chi connectivity index (χ2n) is 3.38. The lowest BCUT2D eigenvalue weighted by molar-refractivity contribution is 0.839. The molecule has 1 aliphatic rings. The molecule has 0 bridgehead atoms. The van der Waals surface area contributed by atoms with Crippen LogP contribution >= 0.6 is 0 Å². The van der Waals surface area contributed by atoms with Crippen LogP contribution in [0.25, 0.3) is 0 Å². The van der Waals surface area contributed by atoms with Gasteiger partial charge in [0.15, 0.2) is 0 Å². The van der Waals surface area contributed by atoms with Crippen LogP contribution in [0.15, 0.2) is 36.5 Å². The van der Waals surface area contributed by atoms with Crippen LogP contribution in [0.4, 0.5) is 0 Å². The molecule has 0 heterocycles. The Morgan fingerprint density at radius 1 is 0.538 bits per heavy atom. The highest BCUT2D eigenvalue weighted by atomic mass is 13.9. The van der Waals surface area contributed by atoms with E-state index in [0.29, 0.717) is 0 Å². The van der Waals surface area contributed by atoms with Crippen molar-refractivity contribution >= 4 is 0 Å². The summed E-state index contributed by atoms with van der Waals surface area (Å²) in [6, 6.07) is 0. The highest BCUT2D eigenvalue weighted by molar-refractivity contribution is 5.03. The van der Waals surface area contributed by atoms with Gasteiger partial charge >= 0.3 is 0 Å². The van der Waals surface area contributed by atoms with Gasteiger partial charge in [-0.3, -0.25) is 0 Å². The molecule has 0 saturated heterocycles. The summed E-state index contributed by atoms with van der Waals surface area (Å²) in [5, 5.41) is 0. The fraction of sp³-hybridized carbons (Fsp3) is 0.462. The van der Waals surface area contributed by atoms with Gasteiger partial charge in [-0.05, 0) is 44.9 Å². The predicted molar refractivity (Wildman–Crippen MR) is 59.4 cm³/mol. The van der Waals surface area contributed by atoms with E-state index in [9.17, 15) is 0 Å². The molecule has 0 saturated carbocycles. The first-order valence-corrected chi connectivity index (χ1v) is 5.30. The van der Waals surface area contributed by atoms with E-state index in [1.165, 1.54) is 38.5 Å². The van der Waals surface area contributed by atoms with Crippen LogP contribution in [-0.4, -0.2) is 0 Å². The Labute approximate surface area is 82.0 Å². The van der Waals surface area contributed by atoms with Crippen LogP contribution < -0.4 is 0 Å². The van der Waals surface area contributed by atoms with E-state index < -0.39 is 0 Å². The van der Waals surface area contributed by atoms with Crippen LogP contribution in [0.2, 0.25) is 0 Å². The highest BCUT2D eigenvalue weighted by Gasteiger charge is 1.85. The highest BCUT2D eigenvalue weighted by Crippen LogP contribution is 2.04. The monoisotopic (exact) mass is 175 g/mol. The molecule has 0 unspecified atom stereocenters. The van der Waals surface area contributed by atoms with E-state index in [4.69, 9.17) is 0 Å². The fourth-order valence-electron chi connectivity index (χ4n) is 1.35. The molecule has 1 radical (unpaired) electrons. The molecule has 1 rings (SSSR count). The molecular weight excluding hydrogens is 156 g/mol. The van der Waals surface area contributed by atoms with Crippen molar-refractivity contribution in [3.05, 3.63) is 42.9 Å². The maximum atomic E-state index is 2.28. The smallest absolute Gasteiger partial charge is 0.0170 e. The Balaban J connectivity index is 2.28. The summed E-state index contributed by atoms with van der Waals surface area (Å²) in [5.74, 6) is 0. The SMILES string of the molecule is [CH]1/C=C/CCC/C=C/C=C\CCC1. The second-order valence-corrected chi connectivity index (χ2v) is 3.38. The maximum Gasteiger partial charge on any atom is -0.0170 e. The van der Waals surface area contributed by atoms with Crippen molar-refractivity contribution in [2.45, 2.75) is 38.5 Å². The van der Waals surface area contributed by atoms with Crippen molar-refractivity contribution in [3.8, 4) is 0 Å². The topological polar surface area (TPSA) is 0 Å². The standard InChI is InChI=1S/C13H19/c1-2-4-6-8-10-12-13-11-9-7-5-3-1/h1-4,11-13H,5-10H2/b3-1-,4-2+,13-12+. The van der Waals surface area contributed by atoms with Crippen molar-refractivity contribution in [1.29, 1.82) is 0 Å². The normalized spacial score (nSPS) is 27.7. The molecule has 0 N–H and O–H groups in total. The molecule has 0 fully saturated rings. The number of hydrogen-bond acceptors (Lipinski definition) is 0. The summed E-state index contributed by atoms with van der Waals surface area (Å²) in [4.78, 5) is 0. The maximum absolute atomic E-state index is 2.28. The van der Waals surface area contributed by atoms with E-state index in [2.05, 4.69) is 42.9 Å². The van der Waals surface area contributed by atoms with Gasteiger partial charge in [0, 0.05) is 0 Å². The second kappa shape index (κ2) is 7.85. The summed E-state index contributed by atoms with van der Waals surface area (Å²) >= 11 is 0. The third-order valence-corrected chi connectivity index (χ3v) is 2.14. The quantitative estimate of drug-likeness (QED) is 0.517. The minimum Gasteiger partial charge on any atom is -0.0882 e. The minimum absolute atomic E-state index is 1.20. The van der Waals surface area contributed by atoms with Crippen molar-refractivity contribution in [2.24, 2.45) is 0 Å². The van der Waals surface area contributed by atoms with Crippen molar-refractivity contribution in [1.82, 2.24) is 0 Å². The molecule has 0 spiro atoms. The summed E-state index contributed by atoms with van der Waals surface area (Å²) in [5.41, 5.74) is 0. The molecule has 0 aromatic carbocycles. The van der Waals surface area contributed by atoms with Gasteiger partial charge in [0.2, 0.25) is 0 Å². The Hall–Kier alpha value is -0.780. The molecule has 0 aromatic rings. The Kier molecular flexibility index (Phi) is 6.22. The van der Waals surface area contributed by atoms with Gasteiger partial charge in [-0.15, -0.1) is 0 Å². The molecule has 0 heteroatoms. The van der Waals surface area contributed by atoms with Crippen LogP contribution in [0.1, 0.15) is 38.5 Å². The molecule has 0 amide bonds. The Bertz CT molecular complexity index is 184. The summed E-state index contributed by atoms with van der Waals surface area (Å²) in [7, 11) is 0. The molecule has 0 atom stereocenters. The lowest BCUT2D eigenvalue weighted by Crippen LogP contribution is -1.73. The van der Waals surface area contributed by atoms with E-state index in [0.717, 1.165) is 0 Å². The van der Waals surface area contributed by atoms with E-state index in [-0.39, 0.29) is 0 Å². The number of hydrogen-bond donors (Lipinski definition) is 0. The van der Waals surface area contributed by atoms with E-state index in [1.807, 2.05) is 0 Å². The summed E-state index contributed by atoms with van der Waals surface area (Å²) in [6.07, 6.45) is 23.0. The molecule has 0 aliphatic heterocycles. The van der Waals surface area contributed by atoms with Crippen LogP contribution in [0.3, 0.4) is 0 Å². The Morgan fingerprint density at radius 2 is 1.08 bits per heavy atom. The van der Waals surface area contributed by atoms with E-state index >= 15 is 0 Å². The van der Waals surface area contributed by atoms with Crippen LogP contribution in [-0.2, 0) is 0 Å². The van der Waals surface area contributed by atoms with Crippen molar-refractivity contribution in [2.75, 3.05) is 0 Å². The molecule has 1 aliphatic carbocycles. The van der Waals surface area contributed by atoms with Gasteiger partial charge in [-0.25, -0.2) is 0 Å². The molecular formula is C13H19. The molecule has 71 valence electrons. The van der Waals surface area contributed by atoms with E-state index in [1.54, 1.807) is 0 Å². The minimum atomic E-state index is 1.20. The zero-order valence-corrected chi connectivity index (χ0v) is 8.28. The molecule has 13 heavy (non-hydrogen) atoms. The van der Waals surface area contributed by atoms with Gasteiger partial charge in [0.05, 0.1) is 0 Å². The molecule has 0 aromatic heterocycles. The lowest BCUT2D eigenvalue weighted by atomic mass is 10.1. The van der Waals surface area contributed by atoms with Gasteiger partial charge in [0.25, 0.3) is 0 Å². The summed E-state index contributed by atoms with van der Waals surface area (Å²) < 4.78 is 0. The Morgan fingerprint density at radius 3 is 1.77 bits per heavy atom. The first-order chi connectivity index (χ1) is 6.50. The van der Waals surface area contributed by atoms with Crippen LogP contribution in [0.5, 0.6) is 0 Å². The average molecular weight is 175 g/mol. The van der Waals surface area contributed by atoms with Gasteiger partial charge in [-0.1, -0.05) is 36.5 Å².